The van der Waals surface area contributed by atoms with E-state index in [9.17, 15) is 9.90 Å². The largest absolute Gasteiger partial charge is 0.389 e. The second-order valence-electron chi connectivity index (χ2n) is 4.62. The Morgan fingerprint density at radius 1 is 1.58 bits per heavy atom. The van der Waals surface area contributed by atoms with Gasteiger partial charge in [0.15, 0.2) is 0 Å². The molecule has 0 aromatic rings. The number of carbonyl (C=O) groups is 1. The van der Waals surface area contributed by atoms with Crippen molar-refractivity contribution in [1.29, 1.82) is 0 Å². The lowest BCUT2D eigenvalue weighted by Crippen LogP contribution is -2.45. The summed E-state index contributed by atoms with van der Waals surface area (Å²) in [6.45, 7) is 2.20. The molecule has 2 rings (SSSR count). The molecule has 0 spiro atoms. The van der Waals surface area contributed by atoms with Gasteiger partial charge in [-0.25, -0.2) is 0 Å². The highest BCUT2D eigenvalue weighted by Crippen LogP contribution is 2.44. The topological polar surface area (TPSA) is 37.3 Å². The van der Waals surface area contributed by atoms with Gasteiger partial charge in [0.05, 0.1) is 5.60 Å². The molecule has 3 unspecified atom stereocenters. The summed E-state index contributed by atoms with van der Waals surface area (Å²) >= 11 is 0. The van der Waals surface area contributed by atoms with Crippen molar-refractivity contribution in [2.75, 3.05) is 0 Å². The highest BCUT2D eigenvalue weighted by atomic mass is 16.3. The van der Waals surface area contributed by atoms with Gasteiger partial charge in [-0.3, -0.25) is 4.79 Å². The van der Waals surface area contributed by atoms with Crippen LogP contribution in [0.4, 0.5) is 0 Å². The number of hydrogen-bond donors (Lipinski definition) is 1. The number of Topliss-reactive ketones (excluding diaryl/α,β-unsaturated/α-hetero) is 1. The minimum absolute atomic E-state index is 0.264. The Hall–Kier alpha value is -0.370. The Morgan fingerprint density at radius 2 is 2.33 bits per heavy atom. The normalized spacial score (nSPS) is 47.7. The third kappa shape index (κ3) is 1.28. The monoisotopic (exact) mass is 168 g/mol. The molecule has 68 valence electrons. The highest BCUT2D eigenvalue weighted by Gasteiger charge is 2.43. The smallest absolute Gasteiger partial charge is 0.136 e. The first-order valence-electron chi connectivity index (χ1n) is 4.83. The molecule has 0 saturated heterocycles. The summed E-state index contributed by atoms with van der Waals surface area (Å²) in [7, 11) is 0. The van der Waals surface area contributed by atoms with Gasteiger partial charge in [-0.05, 0) is 31.1 Å². The number of carbonyl (C=O) groups excluding carboxylic acids is 1. The second-order valence-corrected chi connectivity index (χ2v) is 4.62. The first-order valence-corrected chi connectivity index (χ1v) is 4.83. The van der Waals surface area contributed by atoms with E-state index in [-0.39, 0.29) is 5.78 Å². The molecule has 12 heavy (non-hydrogen) atoms. The maximum absolute atomic E-state index is 11.3. The molecule has 2 bridgehead atoms. The number of fused-ring (bicyclic) bond motifs is 2. The van der Waals surface area contributed by atoms with Crippen LogP contribution < -0.4 is 0 Å². The Balaban J connectivity index is 2.17. The molecule has 2 aliphatic rings. The fourth-order valence-corrected chi connectivity index (χ4v) is 2.69. The van der Waals surface area contributed by atoms with Crippen LogP contribution in [0.15, 0.2) is 0 Å². The number of hydrogen-bond acceptors (Lipinski definition) is 2. The van der Waals surface area contributed by atoms with Crippen LogP contribution >= 0.6 is 0 Å². The van der Waals surface area contributed by atoms with E-state index in [2.05, 4.69) is 6.92 Å². The third-order valence-corrected chi connectivity index (χ3v) is 3.53. The van der Waals surface area contributed by atoms with E-state index >= 15 is 0 Å². The Kier molecular flexibility index (Phi) is 1.76. The average molecular weight is 168 g/mol. The number of ketones is 1. The van der Waals surface area contributed by atoms with Crippen LogP contribution in [0, 0.1) is 11.8 Å². The van der Waals surface area contributed by atoms with Gasteiger partial charge < -0.3 is 5.11 Å². The zero-order chi connectivity index (χ0) is 8.77. The third-order valence-electron chi connectivity index (χ3n) is 3.53. The molecule has 0 radical (unpaired) electrons. The Morgan fingerprint density at radius 3 is 3.08 bits per heavy atom. The van der Waals surface area contributed by atoms with Crippen LogP contribution in [0.1, 0.15) is 39.0 Å². The standard InChI is InChI=1S/C10H16O2/c1-7-2-3-10(12)5-8(7)4-9(11)6-10/h7-8,12H,2-6H2,1H3. The summed E-state index contributed by atoms with van der Waals surface area (Å²) in [5.41, 5.74) is -0.619. The van der Waals surface area contributed by atoms with Gasteiger partial charge in [0.2, 0.25) is 0 Å². The second kappa shape index (κ2) is 2.56. The van der Waals surface area contributed by atoms with Crippen molar-refractivity contribution in [3.63, 3.8) is 0 Å². The van der Waals surface area contributed by atoms with Crippen LogP contribution in [-0.4, -0.2) is 16.5 Å². The van der Waals surface area contributed by atoms with Gasteiger partial charge in [-0.1, -0.05) is 6.92 Å². The summed E-state index contributed by atoms with van der Waals surface area (Å²) in [4.78, 5) is 11.3. The fourth-order valence-electron chi connectivity index (χ4n) is 2.69. The molecule has 2 heteroatoms. The highest BCUT2D eigenvalue weighted by molar-refractivity contribution is 5.80. The predicted molar refractivity (Wildman–Crippen MR) is 45.7 cm³/mol. The average Bonchev–Trinajstić information content (AvgIpc) is 1.96. The van der Waals surface area contributed by atoms with Crippen molar-refractivity contribution in [3.8, 4) is 0 Å². The zero-order valence-electron chi connectivity index (χ0n) is 7.55. The maximum atomic E-state index is 11.3. The van der Waals surface area contributed by atoms with Crippen molar-refractivity contribution in [2.24, 2.45) is 11.8 Å². The number of rotatable bonds is 0. The van der Waals surface area contributed by atoms with E-state index in [4.69, 9.17) is 0 Å². The molecule has 0 heterocycles. The lowest BCUT2D eigenvalue weighted by atomic mass is 9.64. The van der Waals surface area contributed by atoms with E-state index in [0.717, 1.165) is 19.3 Å². The SMILES string of the molecule is CC1CCC2(O)CC(=O)CC1C2. The molecule has 0 aliphatic heterocycles. The molecule has 0 aromatic heterocycles. The summed E-state index contributed by atoms with van der Waals surface area (Å²) in [6, 6.07) is 0. The molecule has 3 atom stereocenters. The van der Waals surface area contributed by atoms with Crippen molar-refractivity contribution in [3.05, 3.63) is 0 Å². The lowest BCUT2D eigenvalue weighted by molar-refractivity contribution is -0.137. The van der Waals surface area contributed by atoms with Gasteiger partial charge in [-0.15, -0.1) is 0 Å². The van der Waals surface area contributed by atoms with Crippen LogP contribution in [0.25, 0.3) is 0 Å². The van der Waals surface area contributed by atoms with Crippen LogP contribution in [0.2, 0.25) is 0 Å². The maximum Gasteiger partial charge on any atom is 0.136 e. The van der Waals surface area contributed by atoms with Gasteiger partial charge in [-0.2, -0.15) is 0 Å². The molecule has 0 amide bonds. The van der Waals surface area contributed by atoms with Gasteiger partial charge in [0.1, 0.15) is 5.78 Å². The van der Waals surface area contributed by atoms with Crippen molar-refractivity contribution >= 4 is 5.78 Å². The van der Waals surface area contributed by atoms with E-state index in [0.29, 0.717) is 24.7 Å². The van der Waals surface area contributed by atoms with E-state index in [1.807, 2.05) is 0 Å². The summed E-state index contributed by atoms with van der Waals surface area (Å²) in [5, 5.41) is 9.97. The first kappa shape index (κ1) is 8.24. The molecule has 0 aromatic carbocycles. The molecule has 2 fully saturated rings. The summed E-state index contributed by atoms with van der Waals surface area (Å²) < 4.78 is 0. The molecule has 2 saturated carbocycles. The molecular weight excluding hydrogens is 152 g/mol. The summed E-state index contributed by atoms with van der Waals surface area (Å²) in [6.07, 6.45) is 3.91. The quantitative estimate of drug-likeness (QED) is 0.595. The molecule has 2 nitrogen and oxygen atoms in total. The van der Waals surface area contributed by atoms with Crippen molar-refractivity contribution in [1.82, 2.24) is 0 Å². The fraction of sp³-hybridized carbons (Fsp3) is 0.900. The number of aliphatic hydroxyl groups is 1. The molecular formula is C10H16O2. The zero-order valence-corrected chi connectivity index (χ0v) is 7.55. The van der Waals surface area contributed by atoms with Crippen LogP contribution in [-0.2, 0) is 4.79 Å². The Labute approximate surface area is 73.0 Å². The predicted octanol–water partition coefficient (Wildman–Crippen LogP) is 1.52. The molecule has 2 aliphatic carbocycles. The Bertz CT molecular complexity index is 212. The molecule has 1 N–H and O–H groups in total. The van der Waals surface area contributed by atoms with E-state index < -0.39 is 5.60 Å². The minimum Gasteiger partial charge on any atom is -0.389 e. The first-order chi connectivity index (χ1) is 5.59. The van der Waals surface area contributed by atoms with Crippen molar-refractivity contribution in [2.45, 2.75) is 44.6 Å². The van der Waals surface area contributed by atoms with Crippen LogP contribution in [0.5, 0.6) is 0 Å². The lowest BCUT2D eigenvalue weighted by Gasteiger charge is -2.43. The van der Waals surface area contributed by atoms with Crippen LogP contribution in [0.3, 0.4) is 0 Å². The van der Waals surface area contributed by atoms with E-state index in [1.165, 1.54) is 0 Å². The van der Waals surface area contributed by atoms with E-state index in [1.54, 1.807) is 0 Å². The van der Waals surface area contributed by atoms with Crippen molar-refractivity contribution < 1.29 is 9.90 Å². The summed E-state index contributed by atoms with van der Waals surface area (Å²) in [5.74, 6) is 1.36. The van der Waals surface area contributed by atoms with Gasteiger partial charge in [0.25, 0.3) is 0 Å². The van der Waals surface area contributed by atoms with Gasteiger partial charge in [0, 0.05) is 12.8 Å². The minimum atomic E-state index is -0.619. The van der Waals surface area contributed by atoms with Gasteiger partial charge >= 0.3 is 0 Å².